The van der Waals surface area contributed by atoms with Crippen LogP contribution in [0, 0.1) is 0 Å². The van der Waals surface area contributed by atoms with Gasteiger partial charge in [0, 0.05) is 45.1 Å². The molecule has 1 aromatic carbocycles. The predicted octanol–water partition coefficient (Wildman–Crippen LogP) is 2.62. The second-order valence-corrected chi connectivity index (χ2v) is 9.43. The fraction of sp³-hybridized carbons (Fsp3) is 0.480. The lowest BCUT2D eigenvalue weighted by atomic mass is 9.99. The number of hydrogen-bond donors (Lipinski definition) is 0. The van der Waals surface area contributed by atoms with Crippen LogP contribution in [0.25, 0.3) is 0 Å². The van der Waals surface area contributed by atoms with Crippen molar-refractivity contribution in [1.82, 2.24) is 14.8 Å². The number of rotatable bonds is 9. The van der Waals surface area contributed by atoms with E-state index < -0.39 is 0 Å². The van der Waals surface area contributed by atoms with E-state index in [4.69, 9.17) is 19.3 Å². The Morgan fingerprint density at radius 2 is 2.00 bits per heavy atom. The summed E-state index contributed by atoms with van der Waals surface area (Å²) < 4.78 is 16.4. The molecule has 0 saturated carbocycles. The van der Waals surface area contributed by atoms with Crippen LogP contribution in [0.4, 0.5) is 0 Å². The van der Waals surface area contributed by atoms with Gasteiger partial charge in [0.05, 0.1) is 44.1 Å². The molecule has 3 heterocycles. The van der Waals surface area contributed by atoms with E-state index in [0.29, 0.717) is 44.2 Å². The van der Waals surface area contributed by atoms with Crippen LogP contribution >= 0.6 is 11.3 Å². The van der Waals surface area contributed by atoms with Crippen molar-refractivity contribution < 1.29 is 23.8 Å². The third kappa shape index (κ3) is 6.01. The standard InChI is InChI=1S/C25H32N4O5S/c1-18(30)28(9-8-27-10-12-34-13-11-27)17-25(31)29-22(16-21(26-29)24-5-4-14-35-24)20-15-19(32-2)6-7-23(20)33-3/h4-7,14-15,22H,8-13,16-17H2,1-3H3. The second kappa shape index (κ2) is 11.7. The first-order valence-electron chi connectivity index (χ1n) is 11.7. The fourth-order valence-corrected chi connectivity index (χ4v) is 5.07. The SMILES string of the molecule is COc1ccc(OC)c(C2CC(c3cccs3)=NN2C(=O)CN(CCN2CCOCC2)C(C)=O)c1. The number of benzene rings is 1. The second-order valence-electron chi connectivity index (χ2n) is 8.48. The zero-order valence-electron chi connectivity index (χ0n) is 20.4. The highest BCUT2D eigenvalue weighted by Gasteiger charge is 2.36. The van der Waals surface area contributed by atoms with Crippen molar-refractivity contribution in [3.05, 3.63) is 46.2 Å². The Bertz CT molecular complexity index is 1050. The molecule has 1 fully saturated rings. The maximum atomic E-state index is 13.6. The molecule has 1 saturated heterocycles. The lowest BCUT2D eigenvalue weighted by Gasteiger charge is -2.30. The molecule has 0 bridgehead atoms. The molecule has 2 amide bonds. The Morgan fingerprint density at radius 1 is 1.20 bits per heavy atom. The van der Waals surface area contributed by atoms with E-state index in [1.165, 1.54) is 11.9 Å². The van der Waals surface area contributed by atoms with E-state index >= 15 is 0 Å². The Hall–Kier alpha value is -2.95. The average Bonchev–Trinajstić information content (AvgIpc) is 3.57. The Kier molecular flexibility index (Phi) is 8.37. The summed E-state index contributed by atoms with van der Waals surface area (Å²) in [7, 11) is 3.21. The van der Waals surface area contributed by atoms with Gasteiger partial charge < -0.3 is 19.1 Å². The van der Waals surface area contributed by atoms with Gasteiger partial charge in [-0.15, -0.1) is 11.3 Å². The van der Waals surface area contributed by atoms with E-state index in [-0.39, 0.29) is 24.4 Å². The summed E-state index contributed by atoms with van der Waals surface area (Å²) >= 11 is 1.59. The molecule has 1 unspecified atom stereocenters. The first kappa shape index (κ1) is 25.2. The fourth-order valence-electron chi connectivity index (χ4n) is 4.34. The molecule has 2 aliphatic heterocycles. The summed E-state index contributed by atoms with van der Waals surface area (Å²) in [5, 5.41) is 8.23. The molecular formula is C25H32N4O5S. The van der Waals surface area contributed by atoms with Crippen LogP contribution in [-0.4, -0.2) is 92.5 Å². The predicted molar refractivity (Wildman–Crippen MR) is 134 cm³/mol. The molecule has 0 spiro atoms. The van der Waals surface area contributed by atoms with Crippen molar-refractivity contribution in [2.24, 2.45) is 5.10 Å². The molecule has 1 aromatic heterocycles. The number of hydrazone groups is 1. The largest absolute Gasteiger partial charge is 0.497 e. The molecule has 9 nitrogen and oxygen atoms in total. The summed E-state index contributed by atoms with van der Waals surface area (Å²) in [6, 6.07) is 9.16. The molecule has 188 valence electrons. The van der Waals surface area contributed by atoms with Crippen molar-refractivity contribution in [3.63, 3.8) is 0 Å². The minimum atomic E-state index is -0.363. The van der Waals surface area contributed by atoms with Gasteiger partial charge in [0.25, 0.3) is 5.91 Å². The molecule has 2 aliphatic rings. The molecular weight excluding hydrogens is 468 g/mol. The zero-order chi connectivity index (χ0) is 24.8. The van der Waals surface area contributed by atoms with E-state index in [0.717, 1.165) is 29.2 Å². The number of carbonyl (C=O) groups is 2. The minimum absolute atomic E-state index is 0.0380. The van der Waals surface area contributed by atoms with E-state index in [1.807, 2.05) is 35.7 Å². The number of thiophene rings is 1. The molecule has 0 radical (unpaired) electrons. The number of hydrogen-bond acceptors (Lipinski definition) is 8. The number of methoxy groups -OCH3 is 2. The van der Waals surface area contributed by atoms with Gasteiger partial charge in [-0.05, 0) is 29.6 Å². The van der Waals surface area contributed by atoms with Gasteiger partial charge in [0.2, 0.25) is 5.91 Å². The van der Waals surface area contributed by atoms with Crippen LogP contribution in [0.15, 0.2) is 40.8 Å². The number of amides is 2. The third-order valence-corrected chi connectivity index (χ3v) is 7.25. The summed E-state index contributed by atoms with van der Waals surface area (Å²) in [6.45, 7) is 5.68. The quantitative estimate of drug-likeness (QED) is 0.526. The summed E-state index contributed by atoms with van der Waals surface area (Å²) in [6.07, 6.45) is 0.545. The third-order valence-electron chi connectivity index (χ3n) is 6.33. The number of carbonyl (C=O) groups excluding carboxylic acids is 2. The van der Waals surface area contributed by atoms with Gasteiger partial charge in [0.1, 0.15) is 18.0 Å². The van der Waals surface area contributed by atoms with Crippen molar-refractivity contribution >= 4 is 28.9 Å². The van der Waals surface area contributed by atoms with Gasteiger partial charge in [-0.3, -0.25) is 14.5 Å². The normalized spacial score (nSPS) is 18.3. The van der Waals surface area contributed by atoms with Crippen molar-refractivity contribution in [2.45, 2.75) is 19.4 Å². The molecule has 4 rings (SSSR count). The maximum absolute atomic E-state index is 13.6. The number of ether oxygens (including phenoxy) is 3. The van der Waals surface area contributed by atoms with E-state index in [2.05, 4.69) is 4.90 Å². The molecule has 10 heteroatoms. The minimum Gasteiger partial charge on any atom is -0.497 e. The topological polar surface area (TPSA) is 83.9 Å². The summed E-state index contributed by atoms with van der Waals surface area (Å²) in [5.74, 6) is 0.966. The lowest BCUT2D eigenvalue weighted by Crippen LogP contribution is -2.46. The lowest BCUT2D eigenvalue weighted by molar-refractivity contribution is -0.140. The van der Waals surface area contributed by atoms with Crippen LogP contribution in [0.3, 0.4) is 0 Å². The summed E-state index contributed by atoms with van der Waals surface area (Å²) in [4.78, 5) is 30.8. The van der Waals surface area contributed by atoms with Crippen molar-refractivity contribution in [2.75, 3.05) is 60.2 Å². The van der Waals surface area contributed by atoms with Gasteiger partial charge in [-0.25, -0.2) is 5.01 Å². The Balaban J connectivity index is 1.56. The Morgan fingerprint density at radius 3 is 2.66 bits per heavy atom. The first-order chi connectivity index (χ1) is 17.0. The maximum Gasteiger partial charge on any atom is 0.262 e. The highest BCUT2D eigenvalue weighted by molar-refractivity contribution is 7.12. The van der Waals surface area contributed by atoms with Gasteiger partial charge in [0.15, 0.2) is 0 Å². The number of nitrogens with zero attached hydrogens (tertiary/aromatic N) is 4. The van der Waals surface area contributed by atoms with E-state index in [9.17, 15) is 9.59 Å². The highest BCUT2D eigenvalue weighted by Crippen LogP contribution is 2.39. The molecule has 2 aromatic rings. The molecule has 0 N–H and O–H groups in total. The monoisotopic (exact) mass is 500 g/mol. The van der Waals surface area contributed by atoms with Crippen molar-refractivity contribution in [3.8, 4) is 11.5 Å². The zero-order valence-corrected chi connectivity index (χ0v) is 21.3. The van der Waals surface area contributed by atoms with Gasteiger partial charge in [-0.2, -0.15) is 5.10 Å². The molecule has 0 aliphatic carbocycles. The van der Waals surface area contributed by atoms with Gasteiger partial charge in [-0.1, -0.05) is 6.07 Å². The van der Waals surface area contributed by atoms with Crippen molar-refractivity contribution in [1.29, 1.82) is 0 Å². The number of morpholine rings is 1. The first-order valence-corrected chi connectivity index (χ1v) is 12.6. The van der Waals surface area contributed by atoms with Gasteiger partial charge >= 0.3 is 0 Å². The smallest absolute Gasteiger partial charge is 0.262 e. The van der Waals surface area contributed by atoms with Crippen LogP contribution in [0.5, 0.6) is 11.5 Å². The molecule has 1 atom stereocenters. The Labute approximate surface area is 209 Å². The summed E-state index contributed by atoms with van der Waals surface area (Å²) in [5.41, 5.74) is 1.66. The van der Waals surface area contributed by atoms with Crippen LogP contribution in [0.1, 0.15) is 29.8 Å². The van der Waals surface area contributed by atoms with E-state index in [1.54, 1.807) is 30.5 Å². The highest BCUT2D eigenvalue weighted by atomic mass is 32.1. The molecule has 35 heavy (non-hydrogen) atoms. The average molecular weight is 501 g/mol. The van der Waals surface area contributed by atoms with Crippen LogP contribution in [-0.2, 0) is 14.3 Å². The van der Waals surface area contributed by atoms with Crippen LogP contribution in [0.2, 0.25) is 0 Å². The van der Waals surface area contributed by atoms with Crippen LogP contribution < -0.4 is 9.47 Å².